The van der Waals surface area contributed by atoms with E-state index >= 15 is 0 Å². The molecule has 0 aromatic rings. The molecule has 1 unspecified atom stereocenters. The van der Waals surface area contributed by atoms with Crippen molar-refractivity contribution in [1.29, 1.82) is 0 Å². The lowest BCUT2D eigenvalue weighted by atomic mass is 10.1. The number of hydrogen-bond acceptors (Lipinski definition) is 3. The van der Waals surface area contributed by atoms with E-state index in [0.717, 1.165) is 25.7 Å². The van der Waals surface area contributed by atoms with Crippen molar-refractivity contribution >= 4 is 5.97 Å². The fraction of sp³-hybridized carbons (Fsp3) is 0.812. The van der Waals surface area contributed by atoms with E-state index in [2.05, 4.69) is 0 Å². The standard InChI is InChI=1S/C16H30O3/c1-4-14(2)16(18)19-13-11-9-7-5-6-8-10-12-15(3)17/h4,15,17H,5-13H2,1-3H3. The summed E-state index contributed by atoms with van der Waals surface area (Å²) in [5.41, 5.74) is 0.679. The first kappa shape index (κ1) is 18.2. The molecule has 0 rings (SSSR count). The van der Waals surface area contributed by atoms with E-state index in [1.165, 1.54) is 25.7 Å². The molecule has 0 radical (unpaired) electrons. The number of carbonyl (C=O) groups is 1. The van der Waals surface area contributed by atoms with Crippen LogP contribution in [0.1, 0.15) is 72.1 Å². The quantitative estimate of drug-likeness (QED) is 0.351. The molecule has 3 heteroatoms. The summed E-state index contributed by atoms with van der Waals surface area (Å²) in [6, 6.07) is 0. The molecule has 0 aliphatic carbocycles. The zero-order chi connectivity index (χ0) is 14.5. The van der Waals surface area contributed by atoms with Gasteiger partial charge in [0.1, 0.15) is 0 Å². The first-order chi connectivity index (χ1) is 9.07. The van der Waals surface area contributed by atoms with Gasteiger partial charge in [0.25, 0.3) is 0 Å². The molecule has 0 heterocycles. The van der Waals surface area contributed by atoms with Gasteiger partial charge in [-0.3, -0.25) is 0 Å². The van der Waals surface area contributed by atoms with Crippen LogP contribution in [-0.2, 0) is 9.53 Å². The van der Waals surface area contributed by atoms with Crippen LogP contribution in [0.25, 0.3) is 0 Å². The summed E-state index contributed by atoms with van der Waals surface area (Å²) in [5.74, 6) is -0.194. The van der Waals surface area contributed by atoms with Crippen LogP contribution in [0, 0.1) is 0 Å². The smallest absolute Gasteiger partial charge is 0.333 e. The molecule has 0 aromatic carbocycles. The van der Waals surface area contributed by atoms with Crippen molar-refractivity contribution in [3.05, 3.63) is 11.6 Å². The molecule has 0 bridgehead atoms. The van der Waals surface area contributed by atoms with E-state index < -0.39 is 0 Å². The van der Waals surface area contributed by atoms with Gasteiger partial charge >= 0.3 is 5.97 Å². The Kier molecular flexibility index (Phi) is 11.7. The minimum absolute atomic E-state index is 0.157. The Morgan fingerprint density at radius 1 is 1.11 bits per heavy atom. The Bertz CT molecular complexity index is 257. The predicted molar refractivity (Wildman–Crippen MR) is 79.0 cm³/mol. The van der Waals surface area contributed by atoms with Gasteiger partial charge in [0.2, 0.25) is 0 Å². The van der Waals surface area contributed by atoms with Crippen molar-refractivity contribution in [2.24, 2.45) is 0 Å². The van der Waals surface area contributed by atoms with Crippen molar-refractivity contribution < 1.29 is 14.6 Å². The highest BCUT2D eigenvalue weighted by Gasteiger charge is 2.03. The van der Waals surface area contributed by atoms with E-state index in [9.17, 15) is 4.79 Å². The lowest BCUT2D eigenvalue weighted by Crippen LogP contribution is -2.06. The van der Waals surface area contributed by atoms with Crippen molar-refractivity contribution in [2.75, 3.05) is 6.61 Å². The molecule has 1 atom stereocenters. The molecule has 0 aliphatic heterocycles. The summed E-state index contributed by atoms with van der Waals surface area (Å²) in [4.78, 5) is 11.3. The van der Waals surface area contributed by atoms with Gasteiger partial charge in [-0.1, -0.05) is 44.6 Å². The molecule has 0 fully saturated rings. The van der Waals surface area contributed by atoms with Crippen LogP contribution in [0.15, 0.2) is 11.6 Å². The minimum Gasteiger partial charge on any atom is -0.462 e. The van der Waals surface area contributed by atoms with Crippen LogP contribution in [0.2, 0.25) is 0 Å². The SMILES string of the molecule is CC=C(C)C(=O)OCCCCCCCCCC(C)O. The maximum absolute atomic E-state index is 11.3. The number of carbonyl (C=O) groups excluding carboxylic acids is 1. The summed E-state index contributed by atoms with van der Waals surface area (Å²) < 4.78 is 5.13. The molecular weight excluding hydrogens is 240 g/mol. The highest BCUT2D eigenvalue weighted by molar-refractivity contribution is 5.87. The predicted octanol–water partition coefficient (Wildman–Crippen LogP) is 4.00. The number of aliphatic hydroxyl groups is 1. The van der Waals surface area contributed by atoms with Crippen LogP contribution in [-0.4, -0.2) is 23.8 Å². The van der Waals surface area contributed by atoms with Gasteiger partial charge in [-0.05, 0) is 33.6 Å². The summed E-state index contributed by atoms with van der Waals surface area (Å²) in [6.07, 6.45) is 10.6. The molecule has 0 amide bonds. The third-order valence-corrected chi connectivity index (χ3v) is 3.25. The molecule has 3 nitrogen and oxygen atoms in total. The molecule has 0 saturated carbocycles. The van der Waals surface area contributed by atoms with Gasteiger partial charge in [-0.25, -0.2) is 4.79 Å². The van der Waals surface area contributed by atoms with Crippen molar-refractivity contribution in [3.8, 4) is 0 Å². The maximum Gasteiger partial charge on any atom is 0.333 e. The Balaban J connectivity index is 3.21. The van der Waals surface area contributed by atoms with Crippen LogP contribution in [0.4, 0.5) is 0 Å². The van der Waals surface area contributed by atoms with Gasteiger partial charge in [0, 0.05) is 5.57 Å². The monoisotopic (exact) mass is 270 g/mol. The largest absolute Gasteiger partial charge is 0.462 e. The van der Waals surface area contributed by atoms with Gasteiger partial charge in [-0.2, -0.15) is 0 Å². The molecule has 0 aromatic heterocycles. The molecule has 0 spiro atoms. The third-order valence-electron chi connectivity index (χ3n) is 3.25. The Hall–Kier alpha value is -0.830. The number of esters is 1. The number of ether oxygens (including phenoxy) is 1. The van der Waals surface area contributed by atoms with Crippen LogP contribution in [0.5, 0.6) is 0 Å². The molecular formula is C16H30O3. The minimum atomic E-state index is -0.194. The van der Waals surface area contributed by atoms with Crippen molar-refractivity contribution in [3.63, 3.8) is 0 Å². The molecule has 112 valence electrons. The lowest BCUT2D eigenvalue weighted by Gasteiger charge is -2.05. The highest BCUT2D eigenvalue weighted by Crippen LogP contribution is 2.10. The zero-order valence-corrected chi connectivity index (χ0v) is 12.8. The molecule has 0 saturated heterocycles. The topological polar surface area (TPSA) is 46.5 Å². The van der Waals surface area contributed by atoms with E-state index in [-0.39, 0.29) is 12.1 Å². The maximum atomic E-state index is 11.3. The number of rotatable bonds is 11. The van der Waals surface area contributed by atoms with Crippen LogP contribution in [0.3, 0.4) is 0 Å². The normalized spacial score (nSPS) is 13.4. The third kappa shape index (κ3) is 12.0. The van der Waals surface area contributed by atoms with E-state index in [1.807, 2.05) is 13.8 Å². The summed E-state index contributed by atoms with van der Waals surface area (Å²) in [5, 5.41) is 9.11. The fourth-order valence-corrected chi connectivity index (χ4v) is 1.82. The fourth-order valence-electron chi connectivity index (χ4n) is 1.82. The zero-order valence-electron chi connectivity index (χ0n) is 12.8. The first-order valence-corrected chi connectivity index (χ1v) is 7.56. The lowest BCUT2D eigenvalue weighted by molar-refractivity contribution is -0.139. The van der Waals surface area contributed by atoms with E-state index in [1.54, 1.807) is 13.0 Å². The average molecular weight is 270 g/mol. The Morgan fingerprint density at radius 3 is 2.16 bits per heavy atom. The van der Waals surface area contributed by atoms with E-state index in [4.69, 9.17) is 9.84 Å². The van der Waals surface area contributed by atoms with Gasteiger partial charge in [-0.15, -0.1) is 0 Å². The second-order valence-electron chi connectivity index (χ2n) is 5.22. The molecule has 19 heavy (non-hydrogen) atoms. The van der Waals surface area contributed by atoms with Gasteiger partial charge in [0.15, 0.2) is 0 Å². The summed E-state index contributed by atoms with van der Waals surface area (Å²) in [6.45, 7) is 5.99. The average Bonchev–Trinajstić information content (AvgIpc) is 2.39. The second kappa shape index (κ2) is 12.2. The first-order valence-electron chi connectivity index (χ1n) is 7.56. The van der Waals surface area contributed by atoms with Crippen LogP contribution >= 0.6 is 0 Å². The van der Waals surface area contributed by atoms with Crippen molar-refractivity contribution in [1.82, 2.24) is 0 Å². The Labute approximate surface area is 118 Å². The second-order valence-corrected chi connectivity index (χ2v) is 5.22. The number of allylic oxidation sites excluding steroid dienone is 1. The summed E-state index contributed by atoms with van der Waals surface area (Å²) >= 11 is 0. The number of aliphatic hydroxyl groups excluding tert-OH is 1. The highest BCUT2D eigenvalue weighted by atomic mass is 16.5. The summed E-state index contributed by atoms with van der Waals surface area (Å²) in [7, 11) is 0. The van der Waals surface area contributed by atoms with Gasteiger partial charge < -0.3 is 9.84 Å². The number of unbranched alkanes of at least 4 members (excludes halogenated alkanes) is 6. The Morgan fingerprint density at radius 2 is 1.63 bits per heavy atom. The van der Waals surface area contributed by atoms with E-state index in [0.29, 0.717) is 12.2 Å². The van der Waals surface area contributed by atoms with Crippen LogP contribution < -0.4 is 0 Å². The van der Waals surface area contributed by atoms with Gasteiger partial charge in [0.05, 0.1) is 12.7 Å². The molecule has 0 aliphatic rings. The number of hydrogen-bond donors (Lipinski definition) is 1. The van der Waals surface area contributed by atoms with Crippen molar-refractivity contribution in [2.45, 2.75) is 78.2 Å². The molecule has 1 N–H and O–H groups in total.